The van der Waals surface area contributed by atoms with E-state index in [9.17, 15) is 9.59 Å². The van der Waals surface area contributed by atoms with Crippen LogP contribution in [0.5, 0.6) is 0 Å². The van der Waals surface area contributed by atoms with Crippen LogP contribution >= 0.6 is 11.6 Å². The monoisotopic (exact) mass is 272 g/mol. The Balaban J connectivity index is 2.56. The van der Waals surface area contributed by atoms with Gasteiger partial charge in [-0.05, 0) is 19.8 Å². The van der Waals surface area contributed by atoms with Gasteiger partial charge in [0.1, 0.15) is 5.15 Å². The van der Waals surface area contributed by atoms with Crippen molar-refractivity contribution in [3.05, 3.63) is 31.6 Å². The SMILES string of the molecule is CCCc1c(Cl)[nH]c(=O)n(C2CCOC2C)c1=O. The number of nitrogens with zero attached hydrogens (tertiary/aromatic N) is 1. The van der Waals surface area contributed by atoms with E-state index in [1.165, 1.54) is 4.57 Å². The highest BCUT2D eigenvalue weighted by Crippen LogP contribution is 2.23. The van der Waals surface area contributed by atoms with Crippen molar-refractivity contribution < 1.29 is 4.74 Å². The van der Waals surface area contributed by atoms with Crippen molar-refractivity contribution in [2.75, 3.05) is 6.61 Å². The molecule has 6 heteroatoms. The molecule has 2 rings (SSSR count). The molecule has 1 aromatic rings. The van der Waals surface area contributed by atoms with Crippen molar-refractivity contribution in [2.45, 2.75) is 45.3 Å². The molecule has 2 unspecified atom stereocenters. The maximum atomic E-state index is 12.3. The summed E-state index contributed by atoms with van der Waals surface area (Å²) >= 11 is 5.93. The molecule has 18 heavy (non-hydrogen) atoms. The molecular formula is C12H17ClN2O3. The normalized spacial score (nSPS) is 23.5. The van der Waals surface area contributed by atoms with Crippen LogP contribution in [0.2, 0.25) is 5.15 Å². The van der Waals surface area contributed by atoms with E-state index >= 15 is 0 Å². The quantitative estimate of drug-likeness (QED) is 0.848. The van der Waals surface area contributed by atoms with Crippen LogP contribution in [0.3, 0.4) is 0 Å². The van der Waals surface area contributed by atoms with Crippen molar-refractivity contribution in [1.29, 1.82) is 0 Å². The number of hydrogen-bond acceptors (Lipinski definition) is 3. The first-order valence-corrected chi connectivity index (χ1v) is 6.58. The molecule has 0 radical (unpaired) electrons. The van der Waals surface area contributed by atoms with Crippen molar-refractivity contribution in [3.63, 3.8) is 0 Å². The molecule has 1 fully saturated rings. The molecule has 1 aliphatic heterocycles. The number of rotatable bonds is 3. The molecule has 2 heterocycles. The van der Waals surface area contributed by atoms with Crippen LogP contribution in [-0.4, -0.2) is 22.3 Å². The molecule has 1 N–H and O–H groups in total. The van der Waals surface area contributed by atoms with Gasteiger partial charge in [-0.25, -0.2) is 4.79 Å². The summed E-state index contributed by atoms with van der Waals surface area (Å²) in [5.41, 5.74) is -0.252. The van der Waals surface area contributed by atoms with Crippen molar-refractivity contribution in [2.24, 2.45) is 0 Å². The van der Waals surface area contributed by atoms with Gasteiger partial charge in [-0.3, -0.25) is 14.3 Å². The Labute approximate surface area is 110 Å². The number of aromatic amines is 1. The van der Waals surface area contributed by atoms with Gasteiger partial charge in [0.15, 0.2) is 0 Å². The average Bonchev–Trinajstić information content (AvgIpc) is 2.71. The van der Waals surface area contributed by atoms with Crippen LogP contribution in [0.25, 0.3) is 0 Å². The Morgan fingerprint density at radius 3 is 2.78 bits per heavy atom. The van der Waals surface area contributed by atoms with Crippen molar-refractivity contribution in [3.8, 4) is 0 Å². The number of hydrogen-bond donors (Lipinski definition) is 1. The summed E-state index contributed by atoms with van der Waals surface area (Å²) in [5.74, 6) is 0. The largest absolute Gasteiger partial charge is 0.376 e. The van der Waals surface area contributed by atoms with E-state index < -0.39 is 5.69 Å². The van der Waals surface area contributed by atoms with Gasteiger partial charge in [0.2, 0.25) is 0 Å². The summed E-state index contributed by atoms with van der Waals surface area (Å²) in [6.07, 6.45) is 1.92. The van der Waals surface area contributed by atoms with Crippen LogP contribution in [-0.2, 0) is 11.2 Å². The van der Waals surface area contributed by atoms with Crippen LogP contribution < -0.4 is 11.2 Å². The minimum atomic E-state index is -0.452. The molecule has 0 spiro atoms. The van der Waals surface area contributed by atoms with Gasteiger partial charge >= 0.3 is 5.69 Å². The average molecular weight is 273 g/mol. The third-order valence-corrected chi connectivity index (χ3v) is 3.67. The zero-order valence-corrected chi connectivity index (χ0v) is 11.3. The molecule has 0 bridgehead atoms. The highest BCUT2D eigenvalue weighted by atomic mass is 35.5. The second-order valence-corrected chi connectivity index (χ2v) is 4.96. The molecule has 0 aliphatic carbocycles. The lowest BCUT2D eigenvalue weighted by Crippen LogP contribution is -2.42. The fourth-order valence-corrected chi connectivity index (χ4v) is 2.64. The first kappa shape index (κ1) is 13.4. The molecule has 100 valence electrons. The summed E-state index contributed by atoms with van der Waals surface area (Å²) in [7, 11) is 0. The first-order chi connectivity index (χ1) is 8.56. The van der Waals surface area contributed by atoms with Gasteiger partial charge in [-0.15, -0.1) is 0 Å². The number of nitrogens with one attached hydrogen (secondary N) is 1. The van der Waals surface area contributed by atoms with Crippen molar-refractivity contribution in [1.82, 2.24) is 9.55 Å². The fraction of sp³-hybridized carbons (Fsp3) is 0.667. The van der Waals surface area contributed by atoms with E-state index in [0.717, 1.165) is 6.42 Å². The number of aromatic nitrogens is 2. The highest BCUT2D eigenvalue weighted by Gasteiger charge is 2.29. The van der Waals surface area contributed by atoms with E-state index in [4.69, 9.17) is 16.3 Å². The molecule has 0 amide bonds. The summed E-state index contributed by atoms with van der Waals surface area (Å²) in [5, 5.41) is 0.162. The molecule has 2 atom stereocenters. The van der Waals surface area contributed by atoms with Gasteiger partial charge in [-0.1, -0.05) is 24.9 Å². The van der Waals surface area contributed by atoms with E-state index in [-0.39, 0.29) is 22.9 Å². The fourth-order valence-electron chi connectivity index (χ4n) is 2.39. The first-order valence-electron chi connectivity index (χ1n) is 6.21. The van der Waals surface area contributed by atoms with Gasteiger partial charge in [0, 0.05) is 6.61 Å². The van der Waals surface area contributed by atoms with Gasteiger partial charge in [-0.2, -0.15) is 0 Å². The lowest BCUT2D eigenvalue weighted by molar-refractivity contribution is 0.106. The smallest absolute Gasteiger partial charge is 0.329 e. The Kier molecular flexibility index (Phi) is 3.92. The second-order valence-electron chi connectivity index (χ2n) is 4.58. The maximum absolute atomic E-state index is 12.3. The molecule has 5 nitrogen and oxygen atoms in total. The van der Waals surface area contributed by atoms with E-state index in [1.54, 1.807) is 0 Å². The molecular weight excluding hydrogens is 256 g/mol. The molecule has 1 saturated heterocycles. The van der Waals surface area contributed by atoms with E-state index in [0.29, 0.717) is 25.0 Å². The van der Waals surface area contributed by atoms with Gasteiger partial charge in [0.25, 0.3) is 5.56 Å². The minimum absolute atomic E-state index is 0.126. The zero-order chi connectivity index (χ0) is 13.3. The lowest BCUT2D eigenvalue weighted by Gasteiger charge is -2.17. The summed E-state index contributed by atoms with van der Waals surface area (Å²) in [6.45, 7) is 4.41. The predicted molar refractivity (Wildman–Crippen MR) is 69.4 cm³/mol. The molecule has 1 aromatic heterocycles. The molecule has 0 saturated carbocycles. The van der Waals surface area contributed by atoms with Gasteiger partial charge in [0.05, 0.1) is 17.7 Å². The van der Waals surface area contributed by atoms with Gasteiger partial charge < -0.3 is 4.74 Å². The Morgan fingerprint density at radius 1 is 1.50 bits per heavy atom. The molecule has 1 aliphatic rings. The summed E-state index contributed by atoms with van der Waals surface area (Å²) in [4.78, 5) is 26.8. The van der Waals surface area contributed by atoms with Crippen molar-refractivity contribution >= 4 is 11.6 Å². The van der Waals surface area contributed by atoms with Crippen LogP contribution in [0.15, 0.2) is 9.59 Å². The van der Waals surface area contributed by atoms with E-state index in [2.05, 4.69) is 4.98 Å². The topological polar surface area (TPSA) is 64.1 Å². The maximum Gasteiger partial charge on any atom is 0.329 e. The number of H-pyrrole nitrogens is 1. The highest BCUT2D eigenvalue weighted by molar-refractivity contribution is 6.30. The minimum Gasteiger partial charge on any atom is -0.376 e. The lowest BCUT2D eigenvalue weighted by atomic mass is 10.1. The zero-order valence-electron chi connectivity index (χ0n) is 10.5. The Morgan fingerprint density at radius 2 is 2.22 bits per heavy atom. The predicted octanol–water partition coefficient (Wildman–Crippen LogP) is 1.49. The summed E-state index contributed by atoms with van der Waals surface area (Å²) < 4.78 is 6.67. The summed E-state index contributed by atoms with van der Waals surface area (Å²) in [6, 6.07) is -0.200. The van der Waals surface area contributed by atoms with Crippen LogP contribution in [0, 0.1) is 0 Å². The Bertz CT molecular complexity index is 549. The molecule has 0 aromatic carbocycles. The van der Waals surface area contributed by atoms with Crippen LogP contribution in [0.1, 0.15) is 38.3 Å². The standard InChI is InChI=1S/C12H17ClN2O3/c1-3-4-8-10(13)14-12(17)15(11(8)16)9-5-6-18-7(9)2/h7,9H,3-6H2,1-2H3,(H,14,17). The number of halogens is 1. The van der Waals surface area contributed by atoms with Crippen LogP contribution in [0.4, 0.5) is 0 Å². The third-order valence-electron chi connectivity index (χ3n) is 3.35. The number of ether oxygens (including phenoxy) is 1. The Hall–Kier alpha value is -1.07. The second kappa shape index (κ2) is 5.28. The van der Waals surface area contributed by atoms with E-state index in [1.807, 2.05) is 13.8 Å². The third kappa shape index (κ3) is 2.24.